The van der Waals surface area contributed by atoms with Gasteiger partial charge in [0, 0.05) is 18.1 Å². The lowest BCUT2D eigenvalue weighted by atomic mass is 9.87. The molecule has 0 bridgehead atoms. The van der Waals surface area contributed by atoms with Crippen LogP contribution in [0.5, 0.6) is 0 Å². The van der Waals surface area contributed by atoms with Crippen LogP contribution in [-0.2, 0) is 5.41 Å². The Hall–Kier alpha value is -2.10. The lowest BCUT2D eigenvalue weighted by Gasteiger charge is -2.33. The molecule has 0 spiro atoms. The van der Waals surface area contributed by atoms with Crippen molar-refractivity contribution in [3.8, 4) is 0 Å². The average molecular weight is 426 g/mol. The van der Waals surface area contributed by atoms with Gasteiger partial charge in [-0.1, -0.05) is 68.2 Å². The van der Waals surface area contributed by atoms with Gasteiger partial charge in [-0.2, -0.15) is 0 Å². The van der Waals surface area contributed by atoms with Gasteiger partial charge in [0.05, 0.1) is 12.1 Å². The molecule has 0 amide bonds. The van der Waals surface area contributed by atoms with Crippen molar-refractivity contribution >= 4 is 28.9 Å². The summed E-state index contributed by atoms with van der Waals surface area (Å²) < 4.78 is 0. The minimum atomic E-state index is 0.128. The van der Waals surface area contributed by atoms with E-state index in [-0.39, 0.29) is 17.5 Å². The summed E-state index contributed by atoms with van der Waals surface area (Å²) in [5, 5.41) is 1.04. The van der Waals surface area contributed by atoms with Crippen molar-refractivity contribution in [3.63, 3.8) is 0 Å². The SMILES string of the molecule is CC(C)(C)c1ccc(N2C(c3ccc(Cl)nc3)CCC2c2ccc(Cl)nc2)cc1. The Bertz CT molecular complexity index is 908. The van der Waals surface area contributed by atoms with Crippen molar-refractivity contribution in [2.75, 3.05) is 4.90 Å². The van der Waals surface area contributed by atoms with E-state index in [9.17, 15) is 0 Å². The number of hydrogen-bond acceptors (Lipinski definition) is 3. The van der Waals surface area contributed by atoms with Crippen molar-refractivity contribution in [2.24, 2.45) is 0 Å². The molecule has 1 aliphatic heterocycles. The second kappa shape index (κ2) is 7.97. The van der Waals surface area contributed by atoms with Gasteiger partial charge in [0.2, 0.25) is 0 Å². The molecule has 29 heavy (non-hydrogen) atoms. The smallest absolute Gasteiger partial charge is 0.129 e. The molecule has 3 heterocycles. The lowest BCUT2D eigenvalue weighted by molar-refractivity contribution is 0.589. The summed E-state index contributed by atoms with van der Waals surface area (Å²) in [4.78, 5) is 11.1. The van der Waals surface area contributed by atoms with Crippen molar-refractivity contribution < 1.29 is 0 Å². The van der Waals surface area contributed by atoms with E-state index in [2.05, 4.69) is 72.0 Å². The van der Waals surface area contributed by atoms with Crippen LogP contribution in [0.25, 0.3) is 0 Å². The van der Waals surface area contributed by atoms with Gasteiger partial charge in [0.15, 0.2) is 0 Å². The Morgan fingerprint density at radius 2 is 1.24 bits per heavy atom. The van der Waals surface area contributed by atoms with E-state index in [1.807, 2.05) is 24.5 Å². The Kier molecular flexibility index (Phi) is 5.54. The molecule has 2 aromatic heterocycles. The third kappa shape index (κ3) is 4.26. The quantitative estimate of drug-likeness (QED) is 0.416. The molecule has 1 fully saturated rings. The molecule has 1 aliphatic rings. The molecule has 4 rings (SSSR count). The van der Waals surface area contributed by atoms with E-state index in [0.717, 1.165) is 12.8 Å². The number of pyridine rings is 2. The first-order chi connectivity index (χ1) is 13.8. The molecular formula is C24H25Cl2N3. The fraction of sp³-hybridized carbons (Fsp3) is 0.333. The molecule has 0 N–H and O–H groups in total. The van der Waals surface area contributed by atoms with Crippen molar-refractivity contribution in [2.45, 2.75) is 51.1 Å². The number of hydrogen-bond donors (Lipinski definition) is 0. The second-order valence-electron chi connectivity index (χ2n) is 8.64. The highest BCUT2D eigenvalue weighted by Gasteiger charge is 2.36. The molecule has 0 aliphatic carbocycles. The summed E-state index contributed by atoms with van der Waals surface area (Å²) in [6.45, 7) is 6.71. The molecule has 1 aromatic carbocycles. The van der Waals surface area contributed by atoms with Crippen LogP contribution in [0.2, 0.25) is 10.3 Å². The van der Waals surface area contributed by atoms with E-state index in [1.165, 1.54) is 22.4 Å². The summed E-state index contributed by atoms with van der Waals surface area (Å²) in [6, 6.07) is 17.3. The lowest BCUT2D eigenvalue weighted by Crippen LogP contribution is -2.26. The highest BCUT2D eigenvalue weighted by atomic mass is 35.5. The molecule has 150 valence electrons. The van der Waals surface area contributed by atoms with Crippen LogP contribution in [0.1, 0.15) is 62.4 Å². The monoisotopic (exact) mass is 425 g/mol. The topological polar surface area (TPSA) is 29.0 Å². The number of halogens is 2. The Balaban J connectivity index is 1.74. The highest BCUT2D eigenvalue weighted by Crippen LogP contribution is 2.47. The van der Waals surface area contributed by atoms with Crippen molar-refractivity contribution in [3.05, 3.63) is 87.9 Å². The first-order valence-corrected chi connectivity index (χ1v) is 10.7. The minimum absolute atomic E-state index is 0.128. The molecule has 2 unspecified atom stereocenters. The molecule has 1 saturated heterocycles. The van der Waals surface area contributed by atoms with Crippen LogP contribution in [0.3, 0.4) is 0 Å². The number of aromatic nitrogens is 2. The molecule has 3 aromatic rings. The van der Waals surface area contributed by atoms with Crippen LogP contribution in [-0.4, -0.2) is 9.97 Å². The number of anilines is 1. The fourth-order valence-corrected chi connectivity index (χ4v) is 4.35. The van der Waals surface area contributed by atoms with Crippen LogP contribution < -0.4 is 4.90 Å². The van der Waals surface area contributed by atoms with E-state index in [4.69, 9.17) is 23.2 Å². The zero-order valence-corrected chi connectivity index (χ0v) is 18.5. The van der Waals surface area contributed by atoms with Gasteiger partial charge in [-0.15, -0.1) is 0 Å². The average Bonchev–Trinajstić information content (AvgIpc) is 3.13. The third-order valence-corrected chi connectivity index (χ3v) is 6.13. The van der Waals surface area contributed by atoms with E-state index in [0.29, 0.717) is 10.3 Å². The van der Waals surface area contributed by atoms with E-state index < -0.39 is 0 Å². The van der Waals surface area contributed by atoms with Gasteiger partial charge < -0.3 is 4.90 Å². The van der Waals surface area contributed by atoms with Gasteiger partial charge in [-0.05, 0) is 59.2 Å². The van der Waals surface area contributed by atoms with Gasteiger partial charge in [0.1, 0.15) is 10.3 Å². The van der Waals surface area contributed by atoms with Gasteiger partial charge in [-0.3, -0.25) is 0 Å². The van der Waals surface area contributed by atoms with Crippen molar-refractivity contribution in [1.29, 1.82) is 0 Å². The first kappa shape index (κ1) is 20.2. The summed E-state index contributed by atoms with van der Waals surface area (Å²) >= 11 is 12.1. The Labute approximate surface area is 182 Å². The van der Waals surface area contributed by atoms with Crippen LogP contribution in [0.4, 0.5) is 5.69 Å². The van der Waals surface area contributed by atoms with E-state index >= 15 is 0 Å². The minimum Gasteiger partial charge on any atom is -0.357 e. The van der Waals surface area contributed by atoms with Crippen LogP contribution in [0, 0.1) is 0 Å². The molecular weight excluding hydrogens is 401 g/mol. The Morgan fingerprint density at radius 1 is 0.759 bits per heavy atom. The number of rotatable bonds is 3. The molecule has 5 heteroatoms. The predicted octanol–water partition coefficient (Wildman–Crippen LogP) is 7.16. The standard InChI is InChI=1S/C24H25Cl2N3/c1-24(2,3)18-6-8-19(9-7-18)29-20(16-4-12-22(25)27-14-16)10-11-21(29)17-5-13-23(26)28-15-17/h4-9,12-15,20-21H,10-11H2,1-3H3. The highest BCUT2D eigenvalue weighted by molar-refractivity contribution is 6.29. The maximum Gasteiger partial charge on any atom is 0.129 e. The number of nitrogens with zero attached hydrogens (tertiary/aromatic N) is 3. The molecule has 0 saturated carbocycles. The third-order valence-electron chi connectivity index (χ3n) is 5.69. The zero-order valence-electron chi connectivity index (χ0n) is 16.9. The second-order valence-corrected chi connectivity index (χ2v) is 9.42. The van der Waals surface area contributed by atoms with Gasteiger partial charge >= 0.3 is 0 Å². The molecule has 3 nitrogen and oxygen atoms in total. The first-order valence-electron chi connectivity index (χ1n) is 9.95. The predicted molar refractivity (Wildman–Crippen MR) is 121 cm³/mol. The normalized spacial score (nSPS) is 19.6. The summed E-state index contributed by atoms with van der Waals surface area (Å²) in [7, 11) is 0. The summed E-state index contributed by atoms with van der Waals surface area (Å²) in [5.74, 6) is 0. The fourth-order valence-electron chi connectivity index (χ4n) is 4.13. The largest absolute Gasteiger partial charge is 0.357 e. The zero-order chi connectivity index (χ0) is 20.6. The van der Waals surface area contributed by atoms with Crippen LogP contribution >= 0.6 is 23.2 Å². The van der Waals surface area contributed by atoms with Crippen LogP contribution in [0.15, 0.2) is 60.9 Å². The van der Waals surface area contributed by atoms with Crippen molar-refractivity contribution in [1.82, 2.24) is 9.97 Å². The Morgan fingerprint density at radius 3 is 1.62 bits per heavy atom. The molecule has 2 atom stereocenters. The van der Waals surface area contributed by atoms with Gasteiger partial charge in [0.25, 0.3) is 0 Å². The van der Waals surface area contributed by atoms with E-state index in [1.54, 1.807) is 0 Å². The summed E-state index contributed by atoms with van der Waals surface area (Å²) in [6.07, 6.45) is 5.87. The van der Waals surface area contributed by atoms with Gasteiger partial charge in [-0.25, -0.2) is 9.97 Å². The maximum atomic E-state index is 6.03. The summed E-state index contributed by atoms with van der Waals surface area (Å²) in [5.41, 5.74) is 5.02. The molecule has 0 radical (unpaired) electrons. The maximum absolute atomic E-state index is 6.03. The number of benzene rings is 1.